The minimum Gasteiger partial charge on any atom is -0.510 e. The van der Waals surface area contributed by atoms with Gasteiger partial charge in [0.15, 0.2) is 5.16 Å². The second-order valence-electron chi connectivity index (χ2n) is 5.11. The number of nitriles is 1. The number of hydrogen-bond acceptors (Lipinski definition) is 6. The van der Waals surface area contributed by atoms with E-state index in [-0.39, 0.29) is 11.3 Å². The molecule has 0 saturated heterocycles. The van der Waals surface area contributed by atoms with E-state index < -0.39 is 0 Å². The standard InChI is InChI=1S/C17H16N4OS2/c1-2-8-21-9-7-19-17(21)23-11-14(22)12(10-18)16-20-13-5-3-4-6-15(13)24-16/h3-7,9,22H,2,8,11H2,1H3/b14-12-. The maximum Gasteiger partial charge on any atom is 0.168 e. The smallest absolute Gasteiger partial charge is 0.168 e. The van der Waals surface area contributed by atoms with E-state index in [1.54, 1.807) is 6.20 Å². The predicted octanol–water partition coefficient (Wildman–Crippen LogP) is 4.49. The SMILES string of the molecule is CCCn1ccnc1SC/C(O)=C(\C#N)c1nc2ccccc2s1. The highest BCUT2D eigenvalue weighted by Crippen LogP contribution is 2.29. The van der Waals surface area contributed by atoms with E-state index in [0.717, 1.165) is 28.3 Å². The van der Waals surface area contributed by atoms with Gasteiger partial charge in [0.25, 0.3) is 0 Å². The lowest BCUT2D eigenvalue weighted by atomic mass is 10.2. The van der Waals surface area contributed by atoms with Crippen molar-refractivity contribution in [1.29, 1.82) is 5.26 Å². The van der Waals surface area contributed by atoms with E-state index >= 15 is 0 Å². The van der Waals surface area contributed by atoms with Gasteiger partial charge in [-0.15, -0.1) is 11.3 Å². The highest BCUT2D eigenvalue weighted by molar-refractivity contribution is 7.99. The number of imidazole rings is 1. The summed E-state index contributed by atoms with van der Waals surface area (Å²) in [4.78, 5) is 8.74. The minimum absolute atomic E-state index is 0.0348. The van der Waals surface area contributed by atoms with Gasteiger partial charge in [-0.1, -0.05) is 30.8 Å². The summed E-state index contributed by atoms with van der Waals surface area (Å²) in [6, 6.07) is 9.79. The lowest BCUT2D eigenvalue weighted by Gasteiger charge is -2.06. The molecular formula is C17H16N4OS2. The van der Waals surface area contributed by atoms with E-state index in [0.29, 0.717) is 10.8 Å². The van der Waals surface area contributed by atoms with E-state index in [2.05, 4.69) is 23.0 Å². The molecule has 0 radical (unpaired) electrons. The summed E-state index contributed by atoms with van der Waals surface area (Å²) in [7, 11) is 0. The molecule has 0 fully saturated rings. The van der Waals surface area contributed by atoms with Crippen molar-refractivity contribution in [3.63, 3.8) is 0 Å². The van der Waals surface area contributed by atoms with Gasteiger partial charge in [0.1, 0.15) is 22.4 Å². The average Bonchev–Trinajstić information content (AvgIpc) is 3.20. The van der Waals surface area contributed by atoms with Gasteiger partial charge >= 0.3 is 0 Å². The molecule has 1 aromatic carbocycles. The first kappa shape index (κ1) is 16.6. The number of benzene rings is 1. The number of nitrogens with zero attached hydrogens (tertiary/aromatic N) is 4. The summed E-state index contributed by atoms with van der Waals surface area (Å²) in [5.41, 5.74) is 1.07. The Balaban J connectivity index is 1.82. The molecule has 0 spiro atoms. The van der Waals surface area contributed by atoms with Crippen LogP contribution in [-0.4, -0.2) is 25.4 Å². The predicted molar refractivity (Wildman–Crippen MR) is 98.0 cm³/mol. The van der Waals surface area contributed by atoms with Gasteiger partial charge in [-0.05, 0) is 18.6 Å². The molecule has 0 saturated carbocycles. The van der Waals surface area contributed by atoms with Crippen molar-refractivity contribution >= 4 is 38.9 Å². The molecule has 0 unspecified atom stereocenters. The Labute approximate surface area is 148 Å². The average molecular weight is 356 g/mol. The van der Waals surface area contributed by atoms with E-state index in [9.17, 15) is 10.4 Å². The minimum atomic E-state index is 0.0348. The van der Waals surface area contributed by atoms with Crippen LogP contribution in [0.4, 0.5) is 0 Å². The third-order valence-electron chi connectivity index (χ3n) is 3.39. The Morgan fingerprint density at radius 2 is 2.25 bits per heavy atom. The summed E-state index contributed by atoms with van der Waals surface area (Å²) in [5, 5.41) is 21.2. The molecule has 0 aliphatic heterocycles. The van der Waals surface area contributed by atoms with Crippen molar-refractivity contribution in [3.8, 4) is 6.07 Å². The molecule has 0 bridgehead atoms. The number of aryl methyl sites for hydroxylation is 1. The second-order valence-corrected chi connectivity index (χ2v) is 7.09. The summed E-state index contributed by atoms with van der Waals surface area (Å²) in [6.45, 7) is 2.99. The quantitative estimate of drug-likeness (QED) is 0.400. The van der Waals surface area contributed by atoms with Crippen LogP contribution >= 0.6 is 23.1 Å². The summed E-state index contributed by atoms with van der Waals surface area (Å²) < 4.78 is 3.04. The van der Waals surface area contributed by atoms with Crippen LogP contribution in [0.3, 0.4) is 0 Å². The molecule has 7 heteroatoms. The van der Waals surface area contributed by atoms with Crippen LogP contribution < -0.4 is 0 Å². The Bertz CT molecular complexity index is 887. The number of allylic oxidation sites excluding steroid dienone is 1. The number of rotatable bonds is 6. The zero-order chi connectivity index (χ0) is 16.9. The molecule has 24 heavy (non-hydrogen) atoms. The highest BCUT2D eigenvalue weighted by atomic mass is 32.2. The fourth-order valence-corrected chi connectivity index (χ4v) is 4.11. The summed E-state index contributed by atoms with van der Waals surface area (Å²) >= 11 is 2.83. The molecule has 5 nitrogen and oxygen atoms in total. The maximum absolute atomic E-state index is 10.4. The van der Waals surface area contributed by atoms with Gasteiger partial charge in [0, 0.05) is 18.9 Å². The third-order valence-corrected chi connectivity index (χ3v) is 5.46. The number of fused-ring (bicyclic) bond motifs is 1. The molecule has 0 atom stereocenters. The van der Waals surface area contributed by atoms with Crippen LogP contribution in [0.2, 0.25) is 0 Å². The number of para-hydroxylation sites is 1. The van der Waals surface area contributed by atoms with Gasteiger partial charge in [0.05, 0.1) is 16.0 Å². The molecule has 0 aliphatic carbocycles. The zero-order valence-electron chi connectivity index (χ0n) is 13.1. The Morgan fingerprint density at radius 3 is 3.00 bits per heavy atom. The first-order valence-electron chi connectivity index (χ1n) is 7.55. The maximum atomic E-state index is 10.4. The molecule has 1 N–H and O–H groups in total. The molecule has 122 valence electrons. The Morgan fingerprint density at radius 1 is 1.42 bits per heavy atom. The summed E-state index contributed by atoms with van der Waals surface area (Å²) in [5.74, 6) is 0.326. The number of thioether (sulfide) groups is 1. The van der Waals surface area contributed by atoms with Gasteiger partial charge in [0.2, 0.25) is 0 Å². The Hall–Kier alpha value is -2.30. The van der Waals surface area contributed by atoms with Gasteiger partial charge in [-0.2, -0.15) is 5.26 Å². The third kappa shape index (κ3) is 3.45. The number of aliphatic hydroxyl groups excluding tert-OH is 1. The zero-order valence-corrected chi connectivity index (χ0v) is 14.8. The number of hydrogen-bond donors (Lipinski definition) is 1. The number of aromatic nitrogens is 3. The fourth-order valence-electron chi connectivity index (χ4n) is 2.27. The van der Waals surface area contributed by atoms with Gasteiger partial charge in [-0.3, -0.25) is 0 Å². The second kappa shape index (κ2) is 7.51. The van der Waals surface area contributed by atoms with Crippen molar-refractivity contribution in [2.45, 2.75) is 25.0 Å². The lowest BCUT2D eigenvalue weighted by molar-refractivity contribution is 0.420. The molecule has 3 aromatic rings. The number of thiazole rings is 1. The first-order valence-corrected chi connectivity index (χ1v) is 9.35. The van der Waals surface area contributed by atoms with Crippen LogP contribution in [0.15, 0.2) is 47.6 Å². The van der Waals surface area contributed by atoms with Crippen LogP contribution in [0.25, 0.3) is 15.8 Å². The summed E-state index contributed by atoms with van der Waals surface area (Å²) in [6.07, 6.45) is 4.68. The van der Waals surface area contributed by atoms with E-state index in [1.165, 1.54) is 23.1 Å². The first-order chi connectivity index (χ1) is 11.7. The van der Waals surface area contributed by atoms with E-state index in [4.69, 9.17) is 0 Å². The normalized spacial score (nSPS) is 12.2. The van der Waals surface area contributed by atoms with Crippen molar-refractivity contribution in [1.82, 2.24) is 14.5 Å². The van der Waals surface area contributed by atoms with Gasteiger partial charge in [-0.25, -0.2) is 9.97 Å². The van der Waals surface area contributed by atoms with E-state index in [1.807, 2.05) is 35.0 Å². The fraction of sp³-hybridized carbons (Fsp3) is 0.235. The number of aliphatic hydroxyl groups is 1. The van der Waals surface area contributed by atoms with Crippen LogP contribution in [0, 0.1) is 11.3 Å². The Kier molecular flexibility index (Phi) is 5.18. The van der Waals surface area contributed by atoms with Crippen molar-refractivity contribution < 1.29 is 5.11 Å². The molecular weight excluding hydrogens is 340 g/mol. The highest BCUT2D eigenvalue weighted by Gasteiger charge is 2.15. The van der Waals surface area contributed by atoms with Crippen molar-refractivity contribution in [3.05, 3.63) is 47.4 Å². The monoisotopic (exact) mass is 356 g/mol. The van der Waals surface area contributed by atoms with Gasteiger partial charge < -0.3 is 9.67 Å². The van der Waals surface area contributed by atoms with Crippen LogP contribution in [-0.2, 0) is 6.54 Å². The largest absolute Gasteiger partial charge is 0.510 e. The van der Waals surface area contributed by atoms with Crippen molar-refractivity contribution in [2.75, 3.05) is 5.75 Å². The lowest BCUT2D eigenvalue weighted by Crippen LogP contribution is -1.99. The molecule has 2 aromatic heterocycles. The molecule has 3 rings (SSSR count). The molecule has 0 amide bonds. The topological polar surface area (TPSA) is 74.7 Å². The van der Waals surface area contributed by atoms with Crippen LogP contribution in [0.5, 0.6) is 0 Å². The van der Waals surface area contributed by atoms with Crippen molar-refractivity contribution in [2.24, 2.45) is 0 Å². The molecule has 2 heterocycles. The molecule has 0 aliphatic rings. The van der Waals surface area contributed by atoms with Crippen LogP contribution in [0.1, 0.15) is 18.4 Å².